The molecule has 0 heterocycles. The molecule has 4 nitrogen and oxygen atoms in total. The molecule has 0 N–H and O–H groups in total. The summed E-state index contributed by atoms with van der Waals surface area (Å²) < 4.78 is 10.4. The minimum Gasteiger partial charge on any atom is -0.497 e. The lowest BCUT2D eigenvalue weighted by Gasteiger charge is -2.07. The second-order valence-electron chi connectivity index (χ2n) is 4.49. The van der Waals surface area contributed by atoms with Crippen molar-refractivity contribution in [3.05, 3.63) is 65.2 Å². The zero-order chi connectivity index (χ0) is 15.9. The molecule has 2 rings (SSSR count). The number of nitriles is 1. The summed E-state index contributed by atoms with van der Waals surface area (Å²) >= 11 is 0. The van der Waals surface area contributed by atoms with Gasteiger partial charge < -0.3 is 9.47 Å². The van der Waals surface area contributed by atoms with Crippen molar-refractivity contribution in [3.63, 3.8) is 0 Å². The lowest BCUT2D eigenvalue weighted by Crippen LogP contribution is -1.94. The third-order valence-corrected chi connectivity index (χ3v) is 3.15. The Morgan fingerprint density at radius 3 is 2.41 bits per heavy atom. The molecule has 0 aliphatic carbocycles. The van der Waals surface area contributed by atoms with E-state index in [9.17, 15) is 4.79 Å². The van der Waals surface area contributed by atoms with Crippen molar-refractivity contribution in [2.75, 3.05) is 14.2 Å². The highest BCUT2D eigenvalue weighted by Gasteiger charge is 2.05. The van der Waals surface area contributed by atoms with Crippen molar-refractivity contribution in [1.82, 2.24) is 0 Å². The SMILES string of the molecule is COc1ccc(C=CC(=O)c2ccc(C#N)cc2)c(OC)c1. The van der Waals surface area contributed by atoms with Gasteiger partial charge >= 0.3 is 0 Å². The topological polar surface area (TPSA) is 59.3 Å². The molecule has 0 spiro atoms. The van der Waals surface area contributed by atoms with Crippen molar-refractivity contribution in [3.8, 4) is 17.6 Å². The molecule has 0 saturated heterocycles. The standard InChI is InChI=1S/C18H15NO3/c1-21-16-9-7-15(18(11-16)22-2)8-10-17(20)14-5-3-13(12-19)4-6-14/h3-11H,1-2H3. The normalized spacial score (nSPS) is 10.2. The molecule has 2 aromatic rings. The Morgan fingerprint density at radius 2 is 1.82 bits per heavy atom. The van der Waals surface area contributed by atoms with Gasteiger partial charge in [-0.05, 0) is 48.6 Å². The molecular weight excluding hydrogens is 278 g/mol. The van der Waals surface area contributed by atoms with Gasteiger partial charge in [0.2, 0.25) is 0 Å². The van der Waals surface area contributed by atoms with E-state index >= 15 is 0 Å². The molecule has 0 unspecified atom stereocenters. The second-order valence-corrected chi connectivity index (χ2v) is 4.49. The Hall–Kier alpha value is -3.06. The highest BCUT2D eigenvalue weighted by atomic mass is 16.5. The van der Waals surface area contributed by atoms with Crippen molar-refractivity contribution in [1.29, 1.82) is 5.26 Å². The molecule has 0 radical (unpaired) electrons. The Bertz CT molecular complexity index is 740. The van der Waals surface area contributed by atoms with E-state index in [-0.39, 0.29) is 5.78 Å². The summed E-state index contributed by atoms with van der Waals surface area (Å²) in [7, 11) is 3.15. The fourth-order valence-corrected chi connectivity index (χ4v) is 1.93. The Labute approximate surface area is 129 Å². The summed E-state index contributed by atoms with van der Waals surface area (Å²) in [6.07, 6.45) is 3.17. The first-order valence-electron chi connectivity index (χ1n) is 6.62. The van der Waals surface area contributed by atoms with Crippen LogP contribution in [0.2, 0.25) is 0 Å². The minimum absolute atomic E-state index is 0.137. The van der Waals surface area contributed by atoms with Crippen molar-refractivity contribution < 1.29 is 14.3 Å². The molecule has 22 heavy (non-hydrogen) atoms. The molecule has 4 heteroatoms. The summed E-state index contributed by atoms with van der Waals surface area (Å²) in [5.41, 5.74) is 1.84. The van der Waals surface area contributed by atoms with E-state index in [0.717, 1.165) is 5.56 Å². The molecule has 0 aliphatic rings. The Balaban J connectivity index is 2.20. The van der Waals surface area contributed by atoms with Crippen molar-refractivity contribution in [2.45, 2.75) is 0 Å². The van der Waals surface area contributed by atoms with Gasteiger partial charge in [0.25, 0.3) is 0 Å². The molecule has 0 aliphatic heterocycles. The smallest absolute Gasteiger partial charge is 0.185 e. The average Bonchev–Trinajstić information content (AvgIpc) is 2.59. The Kier molecular flexibility index (Phi) is 4.94. The fourth-order valence-electron chi connectivity index (χ4n) is 1.93. The highest BCUT2D eigenvalue weighted by Crippen LogP contribution is 2.25. The van der Waals surface area contributed by atoms with Crippen LogP contribution in [0.1, 0.15) is 21.5 Å². The number of ether oxygens (including phenoxy) is 2. The molecule has 110 valence electrons. The van der Waals surface area contributed by atoms with Crippen LogP contribution >= 0.6 is 0 Å². The van der Waals surface area contributed by atoms with Gasteiger partial charge in [-0.2, -0.15) is 5.26 Å². The number of carbonyl (C=O) groups excluding carboxylic acids is 1. The van der Waals surface area contributed by atoms with Crippen LogP contribution in [0.25, 0.3) is 6.08 Å². The number of allylic oxidation sites excluding steroid dienone is 1. The minimum atomic E-state index is -0.137. The molecule has 0 fully saturated rings. The van der Waals surface area contributed by atoms with Crippen LogP contribution in [0.5, 0.6) is 11.5 Å². The molecule has 0 aromatic heterocycles. The van der Waals surface area contributed by atoms with Crippen molar-refractivity contribution in [2.24, 2.45) is 0 Å². The number of carbonyl (C=O) groups is 1. The number of hydrogen-bond donors (Lipinski definition) is 0. The lowest BCUT2D eigenvalue weighted by molar-refractivity contribution is 0.104. The van der Waals surface area contributed by atoms with Crippen molar-refractivity contribution >= 4 is 11.9 Å². The summed E-state index contributed by atoms with van der Waals surface area (Å²) in [5, 5.41) is 8.75. The molecule has 0 saturated carbocycles. The van der Waals surface area contributed by atoms with Crippen LogP contribution < -0.4 is 9.47 Å². The molecule has 2 aromatic carbocycles. The van der Waals surface area contributed by atoms with Gasteiger partial charge in [0, 0.05) is 17.2 Å². The number of methoxy groups -OCH3 is 2. The van der Waals surface area contributed by atoms with Gasteiger partial charge in [0.15, 0.2) is 5.78 Å². The van der Waals surface area contributed by atoms with Gasteiger partial charge in [-0.3, -0.25) is 4.79 Å². The summed E-state index contributed by atoms with van der Waals surface area (Å²) in [5.74, 6) is 1.18. The number of rotatable bonds is 5. The maximum absolute atomic E-state index is 12.1. The lowest BCUT2D eigenvalue weighted by atomic mass is 10.1. The number of ketones is 1. The quantitative estimate of drug-likeness (QED) is 0.625. The maximum Gasteiger partial charge on any atom is 0.185 e. The fraction of sp³-hybridized carbons (Fsp3) is 0.111. The van der Waals surface area contributed by atoms with Crippen LogP contribution in [0.3, 0.4) is 0 Å². The van der Waals surface area contributed by atoms with Gasteiger partial charge in [-0.15, -0.1) is 0 Å². The summed E-state index contributed by atoms with van der Waals surface area (Å²) in [4.78, 5) is 12.1. The van der Waals surface area contributed by atoms with E-state index in [1.165, 1.54) is 6.08 Å². The van der Waals surface area contributed by atoms with E-state index in [2.05, 4.69) is 0 Å². The van der Waals surface area contributed by atoms with Crippen LogP contribution in [-0.4, -0.2) is 20.0 Å². The monoisotopic (exact) mass is 293 g/mol. The van der Waals surface area contributed by atoms with E-state index < -0.39 is 0 Å². The first-order chi connectivity index (χ1) is 10.7. The molecule has 0 atom stereocenters. The van der Waals surface area contributed by atoms with Crippen LogP contribution in [0, 0.1) is 11.3 Å². The predicted octanol–water partition coefficient (Wildman–Crippen LogP) is 3.47. The molecular formula is C18H15NO3. The first-order valence-corrected chi connectivity index (χ1v) is 6.62. The predicted molar refractivity (Wildman–Crippen MR) is 84.1 cm³/mol. The zero-order valence-corrected chi connectivity index (χ0v) is 12.4. The van der Waals surface area contributed by atoms with Crippen LogP contribution in [0.4, 0.5) is 0 Å². The molecule has 0 bridgehead atoms. The largest absolute Gasteiger partial charge is 0.497 e. The first kappa shape index (κ1) is 15.3. The van der Waals surface area contributed by atoms with Gasteiger partial charge in [-0.25, -0.2) is 0 Å². The number of nitrogens with zero attached hydrogens (tertiary/aromatic N) is 1. The maximum atomic E-state index is 12.1. The third-order valence-electron chi connectivity index (χ3n) is 3.15. The van der Waals surface area contributed by atoms with E-state index in [4.69, 9.17) is 14.7 Å². The van der Waals surface area contributed by atoms with Crippen LogP contribution in [0.15, 0.2) is 48.5 Å². The van der Waals surface area contributed by atoms with E-state index in [1.54, 1.807) is 56.7 Å². The Morgan fingerprint density at radius 1 is 1.09 bits per heavy atom. The molecule has 0 amide bonds. The van der Waals surface area contributed by atoms with Gasteiger partial charge in [0.1, 0.15) is 11.5 Å². The second kappa shape index (κ2) is 7.09. The third kappa shape index (κ3) is 3.53. The average molecular weight is 293 g/mol. The number of hydrogen-bond acceptors (Lipinski definition) is 4. The summed E-state index contributed by atoms with van der Waals surface area (Å²) in [6.45, 7) is 0. The van der Waals surface area contributed by atoms with Gasteiger partial charge in [-0.1, -0.05) is 0 Å². The summed E-state index contributed by atoms with van der Waals surface area (Å²) in [6, 6.07) is 13.9. The van der Waals surface area contributed by atoms with E-state index in [0.29, 0.717) is 22.6 Å². The number of benzene rings is 2. The van der Waals surface area contributed by atoms with E-state index in [1.807, 2.05) is 12.1 Å². The zero-order valence-electron chi connectivity index (χ0n) is 12.4. The van der Waals surface area contributed by atoms with Crippen LogP contribution in [-0.2, 0) is 0 Å². The highest BCUT2D eigenvalue weighted by molar-refractivity contribution is 6.07. The van der Waals surface area contributed by atoms with Gasteiger partial charge in [0.05, 0.1) is 25.9 Å².